The molecule has 0 aromatic heterocycles. The zero-order chi connectivity index (χ0) is 6.69. The van der Waals surface area contributed by atoms with Crippen LogP contribution in [0.25, 0.3) is 0 Å². The maximum Gasteiger partial charge on any atom is 0.279 e. The van der Waals surface area contributed by atoms with E-state index in [0.717, 1.165) is 13.0 Å². The van der Waals surface area contributed by atoms with Gasteiger partial charge in [-0.3, -0.25) is 0 Å². The smallest absolute Gasteiger partial charge is 0.279 e. The van der Waals surface area contributed by atoms with E-state index in [0.29, 0.717) is 5.17 Å². The molecule has 1 aliphatic heterocycles. The molecule has 1 rings (SSSR count). The van der Waals surface area contributed by atoms with Gasteiger partial charge in [-0.1, -0.05) is 0 Å². The topological polar surface area (TPSA) is 24.8 Å². The SMILES string of the molecule is COC(=S)N1CCC=N1. The molecule has 1 heterocycles. The Morgan fingerprint density at radius 1 is 1.89 bits per heavy atom. The molecule has 4 heteroatoms. The average molecular weight is 144 g/mol. The van der Waals surface area contributed by atoms with Crippen molar-refractivity contribution in [2.75, 3.05) is 13.7 Å². The first kappa shape index (κ1) is 6.48. The van der Waals surface area contributed by atoms with Crippen LogP contribution in [0.2, 0.25) is 0 Å². The van der Waals surface area contributed by atoms with E-state index in [1.165, 1.54) is 0 Å². The van der Waals surface area contributed by atoms with Gasteiger partial charge in [0.2, 0.25) is 0 Å². The second kappa shape index (κ2) is 2.77. The molecule has 0 spiro atoms. The first-order valence-electron chi connectivity index (χ1n) is 2.72. The maximum absolute atomic E-state index is 4.80. The van der Waals surface area contributed by atoms with Crippen molar-refractivity contribution in [3.8, 4) is 0 Å². The molecular formula is C5H8N2OS. The molecule has 0 bridgehead atoms. The van der Waals surface area contributed by atoms with E-state index in [1.54, 1.807) is 12.1 Å². The fraction of sp³-hybridized carbons (Fsp3) is 0.600. The maximum atomic E-state index is 4.80. The Bertz CT molecular complexity index is 146. The number of hydrogen-bond acceptors (Lipinski definition) is 3. The van der Waals surface area contributed by atoms with Crippen LogP contribution < -0.4 is 0 Å². The predicted octanol–water partition coefficient (Wildman–Crippen LogP) is 0.609. The van der Waals surface area contributed by atoms with Crippen molar-refractivity contribution in [3.63, 3.8) is 0 Å². The lowest BCUT2D eigenvalue weighted by Gasteiger charge is -2.11. The van der Waals surface area contributed by atoms with E-state index in [1.807, 2.05) is 6.21 Å². The number of rotatable bonds is 0. The standard InChI is InChI=1S/C5H8N2OS/c1-8-5(9)7-4-2-3-6-7/h3H,2,4H2,1H3. The summed E-state index contributed by atoms with van der Waals surface area (Å²) < 4.78 is 4.78. The lowest BCUT2D eigenvalue weighted by Crippen LogP contribution is -2.22. The molecule has 0 fully saturated rings. The van der Waals surface area contributed by atoms with Crippen molar-refractivity contribution in [1.29, 1.82) is 0 Å². The van der Waals surface area contributed by atoms with Gasteiger partial charge < -0.3 is 4.74 Å². The third kappa shape index (κ3) is 1.38. The Hall–Kier alpha value is -0.640. The van der Waals surface area contributed by atoms with E-state index in [9.17, 15) is 0 Å². The van der Waals surface area contributed by atoms with Crippen LogP contribution in [-0.4, -0.2) is 30.1 Å². The zero-order valence-electron chi connectivity index (χ0n) is 5.20. The average Bonchev–Trinajstić information content (AvgIpc) is 2.37. The van der Waals surface area contributed by atoms with Crippen LogP contribution in [0.3, 0.4) is 0 Å². The molecule has 0 atom stereocenters. The minimum Gasteiger partial charge on any atom is -0.473 e. The Labute approximate surface area is 59.3 Å². The number of thiocarbonyl (C=S) groups is 1. The van der Waals surface area contributed by atoms with Crippen LogP contribution >= 0.6 is 12.2 Å². The van der Waals surface area contributed by atoms with E-state index in [-0.39, 0.29) is 0 Å². The molecule has 0 aromatic carbocycles. The summed E-state index contributed by atoms with van der Waals surface area (Å²) in [5.41, 5.74) is 0. The summed E-state index contributed by atoms with van der Waals surface area (Å²) in [4.78, 5) is 0. The molecule has 0 aromatic rings. The van der Waals surface area contributed by atoms with Crippen LogP contribution in [0, 0.1) is 0 Å². The highest BCUT2D eigenvalue weighted by Crippen LogP contribution is 2.01. The lowest BCUT2D eigenvalue weighted by molar-refractivity contribution is 0.316. The fourth-order valence-corrected chi connectivity index (χ4v) is 0.776. The number of hydrazone groups is 1. The first-order chi connectivity index (χ1) is 4.34. The molecular weight excluding hydrogens is 136 g/mol. The summed E-state index contributed by atoms with van der Waals surface area (Å²) in [6.45, 7) is 0.854. The molecule has 50 valence electrons. The highest BCUT2D eigenvalue weighted by molar-refractivity contribution is 7.80. The quantitative estimate of drug-likeness (QED) is 0.466. The summed E-state index contributed by atoms with van der Waals surface area (Å²) >= 11 is 4.80. The van der Waals surface area contributed by atoms with Crippen LogP contribution in [0.15, 0.2) is 5.10 Å². The van der Waals surface area contributed by atoms with E-state index >= 15 is 0 Å². The van der Waals surface area contributed by atoms with Gasteiger partial charge in [0.15, 0.2) is 0 Å². The van der Waals surface area contributed by atoms with Crippen molar-refractivity contribution in [3.05, 3.63) is 0 Å². The monoisotopic (exact) mass is 144 g/mol. The summed E-state index contributed by atoms with van der Waals surface area (Å²) in [7, 11) is 1.55. The van der Waals surface area contributed by atoms with Gasteiger partial charge in [0.25, 0.3) is 5.17 Å². The van der Waals surface area contributed by atoms with Gasteiger partial charge >= 0.3 is 0 Å². The first-order valence-corrected chi connectivity index (χ1v) is 3.13. The number of methoxy groups -OCH3 is 1. The fourth-order valence-electron chi connectivity index (χ4n) is 0.638. The van der Waals surface area contributed by atoms with Crippen LogP contribution in [-0.2, 0) is 4.74 Å². The van der Waals surface area contributed by atoms with Crippen LogP contribution in [0.4, 0.5) is 0 Å². The van der Waals surface area contributed by atoms with Crippen molar-refractivity contribution in [2.24, 2.45) is 5.10 Å². The van der Waals surface area contributed by atoms with Gasteiger partial charge in [0.05, 0.1) is 13.7 Å². The van der Waals surface area contributed by atoms with Crippen LogP contribution in [0.5, 0.6) is 0 Å². The van der Waals surface area contributed by atoms with Gasteiger partial charge in [-0.15, -0.1) is 0 Å². The number of nitrogens with zero attached hydrogens (tertiary/aromatic N) is 2. The van der Waals surface area contributed by atoms with Gasteiger partial charge in [-0.2, -0.15) is 5.10 Å². The predicted molar refractivity (Wildman–Crippen MR) is 39.4 cm³/mol. The lowest BCUT2D eigenvalue weighted by atomic mass is 10.5. The molecule has 0 saturated heterocycles. The molecule has 0 amide bonds. The van der Waals surface area contributed by atoms with Crippen molar-refractivity contribution >= 4 is 23.6 Å². The second-order valence-electron chi connectivity index (χ2n) is 1.68. The molecule has 1 aliphatic rings. The van der Waals surface area contributed by atoms with E-state index < -0.39 is 0 Å². The van der Waals surface area contributed by atoms with Gasteiger partial charge in [0, 0.05) is 12.6 Å². The van der Waals surface area contributed by atoms with Crippen molar-refractivity contribution in [2.45, 2.75) is 6.42 Å². The third-order valence-corrected chi connectivity index (χ3v) is 1.45. The molecule has 3 nitrogen and oxygen atoms in total. The summed E-state index contributed by atoms with van der Waals surface area (Å²) in [5, 5.41) is 6.06. The Morgan fingerprint density at radius 3 is 3.11 bits per heavy atom. The molecule has 0 radical (unpaired) electrons. The van der Waals surface area contributed by atoms with Gasteiger partial charge in [-0.05, 0) is 12.2 Å². The number of ether oxygens (including phenoxy) is 1. The van der Waals surface area contributed by atoms with Crippen LogP contribution in [0.1, 0.15) is 6.42 Å². The Balaban J connectivity index is 2.43. The second-order valence-corrected chi connectivity index (χ2v) is 2.03. The Morgan fingerprint density at radius 2 is 2.67 bits per heavy atom. The molecule has 0 aliphatic carbocycles. The van der Waals surface area contributed by atoms with E-state index in [2.05, 4.69) is 5.10 Å². The van der Waals surface area contributed by atoms with Gasteiger partial charge in [0.1, 0.15) is 0 Å². The highest BCUT2D eigenvalue weighted by Gasteiger charge is 2.09. The highest BCUT2D eigenvalue weighted by atomic mass is 32.1. The molecule has 0 unspecified atom stereocenters. The number of hydrogen-bond donors (Lipinski definition) is 0. The normalized spacial score (nSPS) is 16.3. The zero-order valence-corrected chi connectivity index (χ0v) is 6.02. The van der Waals surface area contributed by atoms with Crippen molar-refractivity contribution in [1.82, 2.24) is 5.01 Å². The summed E-state index contributed by atoms with van der Waals surface area (Å²) in [6.07, 6.45) is 2.79. The van der Waals surface area contributed by atoms with Gasteiger partial charge in [-0.25, -0.2) is 5.01 Å². The Kier molecular flexibility index (Phi) is 2.00. The summed E-state index contributed by atoms with van der Waals surface area (Å²) in [6, 6.07) is 0. The largest absolute Gasteiger partial charge is 0.473 e. The molecule has 0 saturated carbocycles. The minimum atomic E-state index is 0.448. The van der Waals surface area contributed by atoms with E-state index in [4.69, 9.17) is 17.0 Å². The molecule has 0 N–H and O–H groups in total. The summed E-state index contributed by atoms with van der Waals surface area (Å²) in [5.74, 6) is 0. The minimum absolute atomic E-state index is 0.448. The molecule has 9 heavy (non-hydrogen) atoms. The van der Waals surface area contributed by atoms with Crippen molar-refractivity contribution < 1.29 is 4.74 Å². The third-order valence-electron chi connectivity index (χ3n) is 1.08.